The molecule has 2 aliphatic rings. The molecule has 4 nitrogen and oxygen atoms in total. The van der Waals surface area contributed by atoms with Crippen LogP contribution < -0.4 is 10.6 Å². The lowest BCUT2D eigenvalue weighted by atomic mass is 9.94. The molecule has 154 valence electrons. The van der Waals surface area contributed by atoms with Crippen LogP contribution in [0, 0.1) is 5.92 Å². The molecule has 1 aromatic carbocycles. The molecular weight excluding hydrogens is 381 g/mol. The predicted molar refractivity (Wildman–Crippen MR) is 100.0 cm³/mol. The SMILES string of the molecule is Cl.FC(F)(F)COCc1ccc(CNC2CCCC2C2COCCN2)cc1. The number of hydrogen-bond acceptors (Lipinski definition) is 4. The van der Waals surface area contributed by atoms with E-state index in [0.717, 1.165) is 37.4 Å². The van der Waals surface area contributed by atoms with Gasteiger partial charge in [0, 0.05) is 25.2 Å². The number of alkyl halides is 3. The number of rotatable bonds is 7. The predicted octanol–water partition coefficient (Wildman–Crippen LogP) is 3.43. The Balaban J connectivity index is 0.00000261. The van der Waals surface area contributed by atoms with Crippen molar-refractivity contribution >= 4 is 12.4 Å². The molecule has 0 bridgehead atoms. The van der Waals surface area contributed by atoms with Crippen molar-refractivity contribution in [3.63, 3.8) is 0 Å². The number of morpholine rings is 1. The Morgan fingerprint density at radius 1 is 1.15 bits per heavy atom. The maximum atomic E-state index is 12.1. The zero-order valence-corrected chi connectivity index (χ0v) is 16.1. The summed E-state index contributed by atoms with van der Waals surface area (Å²) in [5.41, 5.74) is 1.88. The Morgan fingerprint density at radius 2 is 1.89 bits per heavy atom. The summed E-state index contributed by atoms with van der Waals surface area (Å²) >= 11 is 0. The molecule has 2 N–H and O–H groups in total. The first-order chi connectivity index (χ1) is 12.5. The van der Waals surface area contributed by atoms with Crippen LogP contribution in [0.4, 0.5) is 13.2 Å². The minimum absolute atomic E-state index is 0. The third kappa shape index (κ3) is 7.23. The number of ether oxygens (including phenoxy) is 2. The molecule has 1 saturated heterocycles. The van der Waals surface area contributed by atoms with Gasteiger partial charge in [-0.15, -0.1) is 12.4 Å². The lowest BCUT2D eigenvalue weighted by molar-refractivity contribution is -0.176. The molecule has 1 aromatic rings. The Kier molecular flexibility index (Phi) is 8.82. The Hall–Kier alpha value is -0.860. The van der Waals surface area contributed by atoms with E-state index in [0.29, 0.717) is 18.0 Å². The van der Waals surface area contributed by atoms with Gasteiger partial charge in [-0.05, 0) is 29.9 Å². The lowest BCUT2D eigenvalue weighted by Gasteiger charge is -2.33. The molecule has 2 fully saturated rings. The highest BCUT2D eigenvalue weighted by atomic mass is 35.5. The number of halogens is 4. The molecule has 3 rings (SSSR count). The van der Waals surface area contributed by atoms with Crippen molar-refractivity contribution in [2.45, 2.75) is 50.7 Å². The minimum Gasteiger partial charge on any atom is -0.379 e. The Bertz CT molecular complexity index is 551. The zero-order chi connectivity index (χ0) is 18.4. The van der Waals surface area contributed by atoms with E-state index in [-0.39, 0.29) is 19.0 Å². The number of benzene rings is 1. The molecular formula is C19H28ClF3N2O2. The number of hydrogen-bond donors (Lipinski definition) is 2. The van der Waals surface area contributed by atoms with E-state index in [9.17, 15) is 13.2 Å². The van der Waals surface area contributed by atoms with Gasteiger partial charge in [0.25, 0.3) is 0 Å². The highest BCUT2D eigenvalue weighted by molar-refractivity contribution is 5.85. The van der Waals surface area contributed by atoms with E-state index >= 15 is 0 Å². The fraction of sp³-hybridized carbons (Fsp3) is 0.684. The highest BCUT2D eigenvalue weighted by Gasteiger charge is 2.34. The maximum Gasteiger partial charge on any atom is 0.411 e. The van der Waals surface area contributed by atoms with Crippen molar-refractivity contribution in [2.75, 3.05) is 26.4 Å². The first kappa shape index (κ1) is 22.4. The molecule has 3 atom stereocenters. The normalized spacial score (nSPS) is 26.0. The van der Waals surface area contributed by atoms with Gasteiger partial charge in [-0.1, -0.05) is 30.7 Å². The summed E-state index contributed by atoms with van der Waals surface area (Å²) in [5.74, 6) is 0.588. The first-order valence-corrected chi connectivity index (χ1v) is 9.28. The molecule has 27 heavy (non-hydrogen) atoms. The molecule has 1 aliphatic heterocycles. The molecule has 0 radical (unpaired) electrons. The minimum atomic E-state index is -4.28. The zero-order valence-electron chi connectivity index (χ0n) is 15.3. The molecule has 0 aromatic heterocycles. The van der Waals surface area contributed by atoms with Crippen molar-refractivity contribution in [1.82, 2.24) is 10.6 Å². The lowest BCUT2D eigenvalue weighted by Crippen LogP contribution is -2.50. The van der Waals surface area contributed by atoms with E-state index in [4.69, 9.17) is 4.74 Å². The monoisotopic (exact) mass is 408 g/mol. The summed E-state index contributed by atoms with van der Waals surface area (Å²) in [6, 6.07) is 8.46. The molecule has 1 heterocycles. The van der Waals surface area contributed by atoms with Crippen molar-refractivity contribution < 1.29 is 22.6 Å². The summed E-state index contributed by atoms with van der Waals surface area (Å²) in [4.78, 5) is 0. The fourth-order valence-corrected chi connectivity index (χ4v) is 3.87. The van der Waals surface area contributed by atoms with Crippen LogP contribution in [0.25, 0.3) is 0 Å². The summed E-state index contributed by atoms with van der Waals surface area (Å²) in [6.45, 7) is 2.03. The van der Waals surface area contributed by atoms with Gasteiger partial charge < -0.3 is 20.1 Å². The van der Waals surface area contributed by atoms with Crippen LogP contribution in [-0.4, -0.2) is 44.6 Å². The Morgan fingerprint density at radius 3 is 2.56 bits per heavy atom. The molecule has 3 unspecified atom stereocenters. The van der Waals surface area contributed by atoms with E-state index in [1.807, 2.05) is 24.3 Å². The summed E-state index contributed by atoms with van der Waals surface area (Å²) in [6.07, 6.45) is -0.656. The summed E-state index contributed by atoms with van der Waals surface area (Å²) in [5, 5.41) is 7.22. The maximum absolute atomic E-state index is 12.1. The summed E-state index contributed by atoms with van der Waals surface area (Å²) < 4.78 is 46.6. The quantitative estimate of drug-likeness (QED) is 0.725. The van der Waals surface area contributed by atoms with Crippen LogP contribution in [-0.2, 0) is 22.6 Å². The van der Waals surface area contributed by atoms with Gasteiger partial charge in [0.15, 0.2) is 0 Å². The van der Waals surface area contributed by atoms with Crippen molar-refractivity contribution in [3.8, 4) is 0 Å². The number of nitrogens with one attached hydrogen (secondary N) is 2. The van der Waals surface area contributed by atoms with Gasteiger partial charge in [-0.2, -0.15) is 13.2 Å². The van der Waals surface area contributed by atoms with E-state index in [1.165, 1.54) is 19.3 Å². The molecule has 1 saturated carbocycles. The standard InChI is InChI=1S/C19H27F3N2O2.ClH/c20-19(21,22)13-26-11-15-6-4-14(5-7-15)10-24-17-3-1-2-16(17)18-12-25-9-8-23-18;/h4-7,16-18,23-24H,1-3,8-13H2;1H. The van der Waals surface area contributed by atoms with Crippen LogP contribution in [0.3, 0.4) is 0 Å². The average molecular weight is 409 g/mol. The van der Waals surface area contributed by atoms with Crippen molar-refractivity contribution in [3.05, 3.63) is 35.4 Å². The Labute approximate surface area is 164 Å². The third-order valence-corrected chi connectivity index (χ3v) is 5.16. The molecule has 0 spiro atoms. The summed E-state index contributed by atoms with van der Waals surface area (Å²) in [7, 11) is 0. The van der Waals surface area contributed by atoms with Crippen molar-refractivity contribution in [1.29, 1.82) is 0 Å². The third-order valence-electron chi connectivity index (χ3n) is 5.16. The van der Waals surface area contributed by atoms with Crippen LogP contribution >= 0.6 is 12.4 Å². The van der Waals surface area contributed by atoms with Crippen LogP contribution in [0.15, 0.2) is 24.3 Å². The van der Waals surface area contributed by atoms with Crippen molar-refractivity contribution in [2.24, 2.45) is 5.92 Å². The van der Waals surface area contributed by atoms with E-state index in [1.54, 1.807) is 0 Å². The highest BCUT2D eigenvalue weighted by Crippen LogP contribution is 2.29. The molecule has 1 aliphatic carbocycles. The second-order valence-corrected chi connectivity index (χ2v) is 7.14. The fourth-order valence-electron chi connectivity index (χ4n) is 3.87. The average Bonchev–Trinajstić information content (AvgIpc) is 3.09. The van der Waals surface area contributed by atoms with E-state index < -0.39 is 12.8 Å². The molecule has 8 heteroatoms. The largest absolute Gasteiger partial charge is 0.411 e. The van der Waals surface area contributed by atoms with Gasteiger partial charge in [-0.3, -0.25) is 0 Å². The smallest absolute Gasteiger partial charge is 0.379 e. The topological polar surface area (TPSA) is 42.5 Å². The van der Waals surface area contributed by atoms with Gasteiger partial charge in [0.05, 0.1) is 19.8 Å². The van der Waals surface area contributed by atoms with Crippen LogP contribution in [0.2, 0.25) is 0 Å². The van der Waals surface area contributed by atoms with Crippen LogP contribution in [0.5, 0.6) is 0 Å². The second-order valence-electron chi connectivity index (χ2n) is 7.14. The van der Waals surface area contributed by atoms with Gasteiger partial charge in [0.1, 0.15) is 6.61 Å². The van der Waals surface area contributed by atoms with E-state index in [2.05, 4.69) is 15.4 Å². The second kappa shape index (κ2) is 10.6. The first-order valence-electron chi connectivity index (χ1n) is 9.28. The van der Waals surface area contributed by atoms with Crippen LogP contribution in [0.1, 0.15) is 30.4 Å². The molecule has 0 amide bonds. The van der Waals surface area contributed by atoms with Gasteiger partial charge >= 0.3 is 6.18 Å². The van der Waals surface area contributed by atoms with Gasteiger partial charge in [-0.25, -0.2) is 0 Å². The van der Waals surface area contributed by atoms with Gasteiger partial charge in [0.2, 0.25) is 0 Å².